The standard InChI is InChI=1S/C22H25N2O4/c1-14-15-10-7-8-12-17(15)24(21(26)28-22(2,3)4)18(14)19-16(20(25)27-6)11-9-13-23(19)5/h7-13H,1-6H3/q+1. The number of carbonyl (C=O) groups is 2. The Kier molecular flexibility index (Phi) is 4.98. The van der Waals surface area contributed by atoms with Crippen molar-refractivity contribution in [2.24, 2.45) is 7.05 Å². The van der Waals surface area contributed by atoms with Crippen LogP contribution in [-0.2, 0) is 16.5 Å². The van der Waals surface area contributed by atoms with Gasteiger partial charge >= 0.3 is 12.1 Å². The van der Waals surface area contributed by atoms with Crippen LogP contribution in [-0.4, -0.2) is 29.3 Å². The van der Waals surface area contributed by atoms with Crippen LogP contribution in [0.5, 0.6) is 0 Å². The van der Waals surface area contributed by atoms with Crippen molar-refractivity contribution in [1.29, 1.82) is 0 Å². The zero-order chi connectivity index (χ0) is 20.6. The van der Waals surface area contributed by atoms with Crippen LogP contribution in [0, 0.1) is 6.92 Å². The van der Waals surface area contributed by atoms with Gasteiger partial charge in [0, 0.05) is 11.5 Å². The topological polar surface area (TPSA) is 61.4 Å². The number of fused-ring (bicyclic) bond motifs is 1. The van der Waals surface area contributed by atoms with Crippen molar-refractivity contribution >= 4 is 23.0 Å². The number of rotatable bonds is 2. The average Bonchev–Trinajstić information content (AvgIpc) is 2.92. The Balaban J connectivity index is 2.40. The van der Waals surface area contributed by atoms with Crippen LogP contribution in [0.15, 0.2) is 42.6 Å². The minimum absolute atomic E-state index is 0.378. The van der Waals surface area contributed by atoms with Crippen molar-refractivity contribution in [3.05, 3.63) is 53.7 Å². The molecule has 146 valence electrons. The van der Waals surface area contributed by atoms with Crippen molar-refractivity contribution in [2.45, 2.75) is 33.3 Å². The molecule has 2 heterocycles. The molecule has 6 heteroatoms. The number of hydrogen-bond donors (Lipinski definition) is 0. The molecular formula is C22H25N2O4+. The molecule has 0 atom stereocenters. The normalized spacial score (nSPS) is 11.5. The van der Waals surface area contributed by atoms with Crippen molar-refractivity contribution in [1.82, 2.24) is 4.57 Å². The van der Waals surface area contributed by atoms with Gasteiger partial charge in [-0.05, 0) is 45.4 Å². The lowest BCUT2D eigenvalue weighted by Gasteiger charge is -2.21. The molecule has 1 aromatic carbocycles. The van der Waals surface area contributed by atoms with Crippen molar-refractivity contribution in [3.63, 3.8) is 0 Å². The Morgan fingerprint density at radius 2 is 1.75 bits per heavy atom. The number of pyridine rings is 1. The van der Waals surface area contributed by atoms with Gasteiger partial charge in [0.15, 0.2) is 6.20 Å². The van der Waals surface area contributed by atoms with Crippen LogP contribution in [0.25, 0.3) is 22.3 Å². The summed E-state index contributed by atoms with van der Waals surface area (Å²) in [5.41, 5.74) is 2.53. The third-order valence-electron chi connectivity index (χ3n) is 4.51. The van der Waals surface area contributed by atoms with E-state index in [0.29, 0.717) is 17.0 Å². The quantitative estimate of drug-likeness (QED) is 0.497. The fraction of sp³-hybridized carbons (Fsp3) is 0.318. The third-order valence-corrected chi connectivity index (χ3v) is 4.51. The number of benzene rings is 1. The van der Waals surface area contributed by atoms with Crippen LogP contribution in [0.2, 0.25) is 0 Å². The van der Waals surface area contributed by atoms with E-state index in [1.807, 2.05) is 69.8 Å². The van der Waals surface area contributed by atoms with Crippen LogP contribution in [0.1, 0.15) is 36.7 Å². The van der Waals surface area contributed by atoms with Gasteiger partial charge in [0.05, 0.1) is 12.6 Å². The van der Waals surface area contributed by atoms with E-state index in [0.717, 1.165) is 16.5 Å². The number of aryl methyl sites for hydroxylation is 2. The molecule has 0 unspecified atom stereocenters. The monoisotopic (exact) mass is 381 g/mol. The Morgan fingerprint density at radius 3 is 2.39 bits per heavy atom. The summed E-state index contributed by atoms with van der Waals surface area (Å²) in [5, 5.41) is 0.919. The molecular weight excluding hydrogens is 356 g/mol. The molecule has 6 nitrogen and oxygen atoms in total. The van der Waals surface area contributed by atoms with Gasteiger partial charge in [0.1, 0.15) is 23.9 Å². The molecule has 0 aliphatic carbocycles. The maximum absolute atomic E-state index is 13.2. The van der Waals surface area contributed by atoms with Gasteiger partial charge in [-0.2, -0.15) is 4.57 Å². The van der Waals surface area contributed by atoms with Crippen molar-refractivity contribution in [3.8, 4) is 11.4 Å². The van der Waals surface area contributed by atoms with Gasteiger partial charge in [0.2, 0.25) is 5.69 Å². The summed E-state index contributed by atoms with van der Waals surface area (Å²) in [7, 11) is 3.17. The molecule has 0 amide bonds. The number of methoxy groups -OCH3 is 1. The smallest absolute Gasteiger partial charge is 0.419 e. The van der Waals surface area contributed by atoms with E-state index in [2.05, 4.69) is 0 Å². The minimum atomic E-state index is -0.655. The van der Waals surface area contributed by atoms with Crippen LogP contribution in [0.3, 0.4) is 0 Å². The van der Waals surface area contributed by atoms with Gasteiger partial charge in [0.25, 0.3) is 0 Å². The van der Waals surface area contributed by atoms with E-state index < -0.39 is 17.7 Å². The lowest BCUT2D eigenvalue weighted by Crippen LogP contribution is -2.35. The van der Waals surface area contributed by atoms with E-state index in [4.69, 9.17) is 9.47 Å². The molecule has 0 fully saturated rings. The van der Waals surface area contributed by atoms with Gasteiger partial charge in [-0.25, -0.2) is 14.2 Å². The highest BCUT2D eigenvalue weighted by atomic mass is 16.6. The van der Waals surface area contributed by atoms with Gasteiger partial charge in [-0.3, -0.25) is 0 Å². The first-order valence-electron chi connectivity index (χ1n) is 9.06. The second-order valence-corrected chi connectivity index (χ2v) is 7.68. The Morgan fingerprint density at radius 1 is 1.07 bits per heavy atom. The first-order chi connectivity index (χ1) is 13.2. The first-order valence-corrected chi connectivity index (χ1v) is 9.06. The molecule has 0 saturated heterocycles. The number of esters is 1. The Labute approximate surface area is 164 Å². The summed E-state index contributed by atoms with van der Waals surface area (Å²) in [6.07, 6.45) is 1.34. The average molecular weight is 381 g/mol. The lowest BCUT2D eigenvalue weighted by atomic mass is 10.1. The van der Waals surface area contributed by atoms with Gasteiger partial charge in [-0.1, -0.05) is 18.2 Å². The molecule has 2 aromatic heterocycles. The molecule has 28 heavy (non-hydrogen) atoms. The second-order valence-electron chi connectivity index (χ2n) is 7.68. The molecule has 0 aliphatic heterocycles. The zero-order valence-corrected chi connectivity index (χ0v) is 17.1. The number of para-hydroxylation sites is 1. The maximum atomic E-state index is 13.2. The Bertz CT molecular complexity index is 1070. The highest BCUT2D eigenvalue weighted by molar-refractivity contribution is 6.02. The van der Waals surface area contributed by atoms with Crippen molar-refractivity contribution < 1.29 is 23.6 Å². The summed E-state index contributed by atoms with van der Waals surface area (Å²) in [4.78, 5) is 25.6. The third kappa shape index (κ3) is 3.38. The summed E-state index contributed by atoms with van der Waals surface area (Å²) < 4.78 is 14.0. The largest absolute Gasteiger partial charge is 0.465 e. The van der Waals surface area contributed by atoms with E-state index >= 15 is 0 Å². The summed E-state index contributed by atoms with van der Waals surface area (Å²) >= 11 is 0. The fourth-order valence-electron chi connectivity index (χ4n) is 3.36. The Hall–Kier alpha value is -3.15. The summed E-state index contributed by atoms with van der Waals surface area (Å²) in [5.74, 6) is -0.466. The number of ether oxygens (including phenoxy) is 2. The summed E-state index contributed by atoms with van der Waals surface area (Å²) in [6, 6.07) is 11.1. The number of aromatic nitrogens is 2. The molecule has 3 aromatic rings. The van der Waals surface area contributed by atoms with E-state index in [1.54, 1.807) is 12.1 Å². The van der Waals surface area contributed by atoms with E-state index in [-0.39, 0.29) is 0 Å². The van der Waals surface area contributed by atoms with E-state index in [1.165, 1.54) is 11.7 Å². The van der Waals surface area contributed by atoms with Crippen LogP contribution in [0.4, 0.5) is 4.79 Å². The highest BCUT2D eigenvalue weighted by Crippen LogP contribution is 2.34. The van der Waals surface area contributed by atoms with E-state index in [9.17, 15) is 9.59 Å². The second kappa shape index (κ2) is 7.11. The van der Waals surface area contributed by atoms with Gasteiger partial charge in [-0.15, -0.1) is 0 Å². The predicted molar refractivity (Wildman–Crippen MR) is 106 cm³/mol. The fourth-order valence-corrected chi connectivity index (χ4v) is 3.36. The van der Waals surface area contributed by atoms with Gasteiger partial charge < -0.3 is 9.47 Å². The molecule has 0 N–H and O–H groups in total. The molecule has 0 aliphatic rings. The summed E-state index contributed by atoms with van der Waals surface area (Å²) in [6.45, 7) is 7.41. The first kappa shape index (κ1) is 19.6. The molecule has 0 spiro atoms. The molecule has 0 radical (unpaired) electrons. The predicted octanol–water partition coefficient (Wildman–Crippen LogP) is 4.01. The molecule has 0 bridgehead atoms. The lowest BCUT2D eigenvalue weighted by molar-refractivity contribution is -0.660. The molecule has 3 rings (SSSR count). The highest BCUT2D eigenvalue weighted by Gasteiger charge is 2.32. The minimum Gasteiger partial charge on any atom is -0.465 e. The number of hydrogen-bond acceptors (Lipinski definition) is 4. The van der Waals surface area contributed by atoms with Crippen molar-refractivity contribution in [2.75, 3.05) is 7.11 Å². The van der Waals surface area contributed by atoms with Crippen LogP contribution < -0.4 is 4.57 Å². The number of nitrogens with zero attached hydrogens (tertiary/aromatic N) is 2. The molecule has 0 saturated carbocycles. The van der Waals surface area contributed by atoms with Crippen LogP contribution >= 0.6 is 0 Å². The maximum Gasteiger partial charge on any atom is 0.419 e. The number of carbonyl (C=O) groups excluding carboxylic acids is 2. The SMILES string of the molecule is COC(=O)c1ccc[n+](C)c1-c1c(C)c2ccccc2n1C(=O)OC(C)(C)C. The zero-order valence-electron chi connectivity index (χ0n) is 17.1.